The van der Waals surface area contributed by atoms with Gasteiger partial charge in [-0.1, -0.05) is 0 Å². The first-order valence-electron chi connectivity index (χ1n) is 8.49. The maximum atomic E-state index is 12.5. The first-order valence-corrected chi connectivity index (χ1v) is 8.49. The van der Waals surface area contributed by atoms with Crippen LogP contribution >= 0.6 is 0 Å². The van der Waals surface area contributed by atoms with Gasteiger partial charge in [0.1, 0.15) is 5.75 Å². The number of hydrazone groups is 1. The van der Waals surface area contributed by atoms with E-state index >= 15 is 0 Å². The average molecular weight is 402 g/mol. The largest absolute Gasteiger partial charge is 0.493 e. The summed E-state index contributed by atoms with van der Waals surface area (Å²) < 4.78 is 20.8. The Morgan fingerprint density at radius 1 is 0.966 bits per heavy atom. The average Bonchev–Trinajstić information content (AvgIpc) is 2.74. The molecule has 1 amide bonds. The van der Waals surface area contributed by atoms with E-state index in [4.69, 9.17) is 24.1 Å². The summed E-state index contributed by atoms with van der Waals surface area (Å²) in [6.07, 6.45) is 0. The molecule has 2 aromatic rings. The summed E-state index contributed by atoms with van der Waals surface area (Å²) in [4.78, 5) is 23.0. The summed E-state index contributed by atoms with van der Waals surface area (Å²) in [6.45, 7) is 1.31. The first kappa shape index (κ1) is 21.5. The second-order valence-corrected chi connectivity index (χ2v) is 5.76. The van der Waals surface area contributed by atoms with Crippen molar-refractivity contribution in [1.29, 1.82) is 0 Å². The van der Waals surface area contributed by atoms with Crippen molar-refractivity contribution in [2.45, 2.75) is 6.92 Å². The summed E-state index contributed by atoms with van der Waals surface area (Å²) in [5.41, 5.74) is 4.05. The lowest BCUT2D eigenvalue weighted by molar-refractivity contribution is -0.139. The van der Waals surface area contributed by atoms with Crippen LogP contribution in [0.15, 0.2) is 41.5 Å². The van der Waals surface area contributed by atoms with Crippen LogP contribution in [-0.2, 0) is 4.79 Å². The van der Waals surface area contributed by atoms with E-state index in [2.05, 4.69) is 10.5 Å². The number of hydrogen-bond donors (Lipinski definition) is 2. The Balaban J connectivity index is 2.12. The fourth-order valence-electron chi connectivity index (χ4n) is 2.41. The van der Waals surface area contributed by atoms with E-state index in [1.807, 2.05) is 0 Å². The van der Waals surface area contributed by atoms with E-state index in [1.54, 1.807) is 31.2 Å². The fourth-order valence-corrected chi connectivity index (χ4v) is 2.41. The minimum Gasteiger partial charge on any atom is -0.493 e. The molecule has 0 unspecified atom stereocenters. The molecular weight excluding hydrogens is 380 g/mol. The summed E-state index contributed by atoms with van der Waals surface area (Å²) in [7, 11) is 4.40. The number of rotatable bonds is 9. The van der Waals surface area contributed by atoms with Gasteiger partial charge in [0.25, 0.3) is 5.91 Å². The number of nitrogens with one attached hydrogen (secondary N) is 1. The van der Waals surface area contributed by atoms with Crippen molar-refractivity contribution in [2.24, 2.45) is 5.10 Å². The minimum atomic E-state index is -1.05. The molecular formula is C20H22N2O7. The molecule has 0 saturated heterocycles. The van der Waals surface area contributed by atoms with Crippen LogP contribution in [0.1, 0.15) is 22.8 Å². The molecule has 0 aliphatic carbocycles. The van der Waals surface area contributed by atoms with Crippen LogP contribution in [0.25, 0.3) is 0 Å². The van der Waals surface area contributed by atoms with Crippen LogP contribution in [0.3, 0.4) is 0 Å². The second-order valence-electron chi connectivity index (χ2n) is 5.76. The molecule has 0 aromatic heterocycles. The lowest BCUT2D eigenvalue weighted by Crippen LogP contribution is -2.19. The lowest BCUT2D eigenvalue weighted by Gasteiger charge is -2.13. The van der Waals surface area contributed by atoms with E-state index in [1.165, 1.54) is 33.5 Å². The Bertz CT molecular complexity index is 883. The molecule has 29 heavy (non-hydrogen) atoms. The van der Waals surface area contributed by atoms with E-state index < -0.39 is 18.5 Å². The number of benzene rings is 2. The molecule has 2 aromatic carbocycles. The van der Waals surface area contributed by atoms with Crippen LogP contribution in [0.2, 0.25) is 0 Å². The number of carbonyl (C=O) groups excluding carboxylic acids is 1. The summed E-state index contributed by atoms with van der Waals surface area (Å²) in [5.74, 6) is 0.0116. The van der Waals surface area contributed by atoms with E-state index in [0.717, 1.165) is 5.56 Å². The van der Waals surface area contributed by atoms with Gasteiger partial charge < -0.3 is 24.1 Å². The van der Waals surface area contributed by atoms with Crippen molar-refractivity contribution in [2.75, 3.05) is 27.9 Å². The topological polar surface area (TPSA) is 116 Å². The standard InChI is InChI=1S/C20H22N2O7/c1-12(13-5-7-15(8-6-13)29-11-18(23)24)21-22-20(25)14-9-16(26-2)19(28-4)17(10-14)27-3/h5-10H,11H2,1-4H3,(H,22,25)(H,23,24)/b21-12-. The Kier molecular flexibility index (Phi) is 7.41. The number of carbonyl (C=O) groups is 2. The van der Waals surface area contributed by atoms with Crippen LogP contribution < -0.4 is 24.4 Å². The Morgan fingerprint density at radius 3 is 2.03 bits per heavy atom. The Morgan fingerprint density at radius 2 is 1.55 bits per heavy atom. The van der Waals surface area contributed by atoms with Crippen LogP contribution in [0, 0.1) is 0 Å². The van der Waals surface area contributed by atoms with Gasteiger partial charge in [0, 0.05) is 5.56 Å². The highest BCUT2D eigenvalue weighted by molar-refractivity contribution is 6.01. The minimum absolute atomic E-state index is 0.286. The van der Waals surface area contributed by atoms with Crippen LogP contribution in [0.4, 0.5) is 0 Å². The molecule has 0 atom stereocenters. The molecule has 0 aliphatic rings. The molecule has 0 fully saturated rings. The predicted octanol–water partition coefficient (Wildman–Crippen LogP) is 2.33. The SMILES string of the molecule is COc1cc(C(=O)N/N=C(/C)c2ccc(OCC(=O)O)cc2)cc(OC)c1OC. The zero-order valence-corrected chi connectivity index (χ0v) is 16.5. The number of carboxylic acid groups (broad SMARTS) is 1. The van der Waals surface area contributed by atoms with Crippen molar-refractivity contribution in [3.05, 3.63) is 47.5 Å². The summed E-state index contributed by atoms with van der Waals surface area (Å²) >= 11 is 0. The van der Waals surface area contributed by atoms with Crippen molar-refractivity contribution in [1.82, 2.24) is 5.43 Å². The number of aliphatic carboxylic acids is 1. The highest BCUT2D eigenvalue weighted by Crippen LogP contribution is 2.38. The van der Waals surface area contributed by atoms with Gasteiger partial charge in [-0.25, -0.2) is 10.2 Å². The summed E-state index contributed by atoms with van der Waals surface area (Å²) in [5, 5.41) is 12.7. The Hall–Kier alpha value is -3.75. The highest BCUT2D eigenvalue weighted by Gasteiger charge is 2.17. The van der Waals surface area contributed by atoms with Gasteiger partial charge >= 0.3 is 5.97 Å². The molecule has 0 radical (unpaired) electrons. The first-order chi connectivity index (χ1) is 13.9. The van der Waals surface area contributed by atoms with Gasteiger partial charge in [0.2, 0.25) is 5.75 Å². The highest BCUT2D eigenvalue weighted by atomic mass is 16.5. The third-order valence-electron chi connectivity index (χ3n) is 3.89. The second kappa shape index (κ2) is 9.98. The van der Waals surface area contributed by atoms with Crippen molar-refractivity contribution in [3.8, 4) is 23.0 Å². The molecule has 0 spiro atoms. The summed E-state index contributed by atoms with van der Waals surface area (Å²) in [6, 6.07) is 9.71. The molecule has 2 N–H and O–H groups in total. The van der Waals surface area contributed by atoms with E-state index in [0.29, 0.717) is 28.7 Å². The number of amides is 1. The maximum absolute atomic E-state index is 12.5. The fraction of sp³-hybridized carbons (Fsp3) is 0.250. The number of methoxy groups -OCH3 is 3. The molecule has 0 heterocycles. The van der Waals surface area contributed by atoms with Gasteiger partial charge in [0.05, 0.1) is 27.0 Å². The van der Waals surface area contributed by atoms with Gasteiger partial charge in [0.15, 0.2) is 18.1 Å². The van der Waals surface area contributed by atoms with Gasteiger partial charge in [-0.2, -0.15) is 5.10 Å². The number of nitrogens with zero attached hydrogens (tertiary/aromatic N) is 1. The normalized spacial score (nSPS) is 10.8. The van der Waals surface area contributed by atoms with Crippen LogP contribution in [0.5, 0.6) is 23.0 Å². The van der Waals surface area contributed by atoms with Gasteiger partial charge in [-0.15, -0.1) is 0 Å². The number of ether oxygens (including phenoxy) is 4. The van der Waals surface area contributed by atoms with E-state index in [-0.39, 0.29) is 5.56 Å². The number of hydrogen-bond acceptors (Lipinski definition) is 7. The van der Waals surface area contributed by atoms with E-state index in [9.17, 15) is 9.59 Å². The molecule has 9 nitrogen and oxygen atoms in total. The molecule has 0 saturated carbocycles. The molecule has 0 bridgehead atoms. The third kappa shape index (κ3) is 5.61. The van der Waals surface area contributed by atoms with Crippen molar-refractivity contribution in [3.63, 3.8) is 0 Å². The van der Waals surface area contributed by atoms with Crippen LogP contribution in [-0.4, -0.2) is 50.6 Å². The molecule has 2 rings (SSSR count). The quantitative estimate of drug-likeness (QED) is 0.488. The van der Waals surface area contributed by atoms with Gasteiger partial charge in [-0.05, 0) is 48.9 Å². The molecule has 9 heteroatoms. The van der Waals surface area contributed by atoms with Crippen molar-refractivity contribution >= 4 is 17.6 Å². The predicted molar refractivity (Wildman–Crippen MR) is 105 cm³/mol. The zero-order chi connectivity index (χ0) is 21.4. The smallest absolute Gasteiger partial charge is 0.341 e. The molecule has 0 aliphatic heterocycles. The molecule has 154 valence electrons. The maximum Gasteiger partial charge on any atom is 0.341 e. The third-order valence-corrected chi connectivity index (χ3v) is 3.89. The van der Waals surface area contributed by atoms with Crippen molar-refractivity contribution < 1.29 is 33.6 Å². The number of carboxylic acids is 1. The van der Waals surface area contributed by atoms with Gasteiger partial charge in [-0.3, -0.25) is 4.79 Å². The monoisotopic (exact) mass is 402 g/mol. The zero-order valence-electron chi connectivity index (χ0n) is 16.5. The lowest BCUT2D eigenvalue weighted by atomic mass is 10.1. The Labute approximate surface area is 167 Å².